The molecule has 1 aliphatic rings. The van der Waals surface area contributed by atoms with Gasteiger partial charge >= 0.3 is 12.1 Å². The fraction of sp³-hybridized carbons (Fsp3) is 0.312. The van der Waals surface area contributed by atoms with Crippen LogP contribution in [0.4, 0.5) is 13.2 Å². The fourth-order valence-electron chi connectivity index (χ4n) is 2.58. The van der Waals surface area contributed by atoms with Gasteiger partial charge in [-0.1, -0.05) is 52.9 Å². The Morgan fingerprint density at radius 1 is 1.40 bits per heavy atom. The molecule has 0 saturated heterocycles. The van der Waals surface area contributed by atoms with E-state index < -0.39 is 33.7 Å². The molecule has 3 nitrogen and oxygen atoms in total. The predicted molar refractivity (Wildman–Crippen MR) is 90.7 cm³/mol. The summed E-state index contributed by atoms with van der Waals surface area (Å²) in [5.41, 5.74) is -1.10. The van der Waals surface area contributed by atoms with Crippen molar-refractivity contribution in [1.29, 1.82) is 0 Å². The van der Waals surface area contributed by atoms with Crippen LogP contribution in [-0.2, 0) is 18.0 Å². The van der Waals surface area contributed by atoms with Gasteiger partial charge in [0, 0.05) is 12.6 Å². The SMILES string of the molecule is CC#CC1(Cl)C=CC(c2c(Cl)c(C(F)(F)F)n(C)c2Cl)=CC1C(=O)O. The van der Waals surface area contributed by atoms with Gasteiger partial charge < -0.3 is 9.67 Å². The zero-order valence-electron chi connectivity index (χ0n) is 12.9. The highest BCUT2D eigenvalue weighted by Gasteiger charge is 2.43. The molecule has 0 spiro atoms. The average Bonchev–Trinajstić information content (AvgIpc) is 2.69. The molecule has 0 bridgehead atoms. The third-order valence-corrected chi connectivity index (χ3v) is 4.97. The largest absolute Gasteiger partial charge is 0.481 e. The van der Waals surface area contributed by atoms with E-state index in [2.05, 4.69) is 11.8 Å². The van der Waals surface area contributed by atoms with E-state index in [9.17, 15) is 23.1 Å². The van der Waals surface area contributed by atoms with Gasteiger partial charge in [-0.05, 0) is 18.6 Å². The number of hydrogen-bond donors (Lipinski definition) is 1. The highest BCUT2D eigenvalue weighted by atomic mass is 35.5. The molecule has 1 aliphatic carbocycles. The minimum atomic E-state index is -4.72. The van der Waals surface area contributed by atoms with Crippen molar-refractivity contribution in [2.75, 3.05) is 0 Å². The van der Waals surface area contributed by atoms with Crippen LogP contribution in [0.25, 0.3) is 5.57 Å². The highest BCUT2D eigenvalue weighted by Crippen LogP contribution is 2.46. The lowest BCUT2D eigenvalue weighted by Gasteiger charge is -2.26. The molecule has 1 aromatic heterocycles. The second-order valence-corrected chi connectivity index (χ2v) is 6.66. The number of carbonyl (C=O) groups is 1. The maximum absolute atomic E-state index is 13.2. The van der Waals surface area contributed by atoms with Gasteiger partial charge in [0.1, 0.15) is 21.6 Å². The number of nitrogens with zero attached hydrogens (tertiary/aromatic N) is 1. The molecule has 1 aromatic rings. The second-order valence-electron chi connectivity index (χ2n) is 5.30. The Hall–Kier alpha value is -1.55. The van der Waals surface area contributed by atoms with Crippen LogP contribution in [0.3, 0.4) is 0 Å². The van der Waals surface area contributed by atoms with Crippen molar-refractivity contribution in [3.63, 3.8) is 0 Å². The van der Waals surface area contributed by atoms with E-state index in [1.54, 1.807) is 0 Å². The van der Waals surface area contributed by atoms with Crippen LogP contribution >= 0.6 is 34.8 Å². The lowest BCUT2D eigenvalue weighted by molar-refractivity contribution is -0.143. The molecule has 0 amide bonds. The molecular weight excluding hydrogens is 402 g/mol. The van der Waals surface area contributed by atoms with E-state index in [4.69, 9.17) is 34.8 Å². The first-order valence-electron chi connectivity index (χ1n) is 6.82. The average molecular weight is 413 g/mol. The summed E-state index contributed by atoms with van der Waals surface area (Å²) in [5, 5.41) is 8.54. The Kier molecular flexibility index (Phi) is 5.25. The number of hydrogen-bond acceptors (Lipinski definition) is 1. The first-order valence-corrected chi connectivity index (χ1v) is 7.95. The molecule has 1 N–H and O–H groups in total. The molecular formula is C16H11Cl3F3NO2. The van der Waals surface area contributed by atoms with Crippen molar-refractivity contribution in [2.45, 2.75) is 18.0 Å². The molecule has 2 atom stereocenters. The van der Waals surface area contributed by atoms with Crippen molar-refractivity contribution < 1.29 is 23.1 Å². The number of carboxylic acid groups (broad SMARTS) is 1. The van der Waals surface area contributed by atoms with Gasteiger partial charge in [-0.15, -0.1) is 5.92 Å². The quantitative estimate of drug-likeness (QED) is 0.548. The summed E-state index contributed by atoms with van der Waals surface area (Å²) in [6, 6.07) is 0. The molecule has 0 saturated carbocycles. The number of allylic oxidation sites excluding steroid dienone is 3. The maximum Gasteiger partial charge on any atom is 0.432 e. The summed E-state index contributed by atoms with van der Waals surface area (Å²) in [5.74, 6) is 2.56. The normalized spacial score (nSPS) is 23.0. The fourth-order valence-corrected chi connectivity index (χ4v) is 3.67. The molecule has 0 aliphatic heterocycles. The van der Waals surface area contributed by atoms with Crippen LogP contribution < -0.4 is 0 Å². The molecule has 2 rings (SSSR count). The summed E-state index contributed by atoms with van der Waals surface area (Å²) in [6.07, 6.45) is -0.841. The predicted octanol–water partition coefficient (Wildman–Crippen LogP) is 5.01. The minimum Gasteiger partial charge on any atom is -0.481 e. The Labute approximate surface area is 156 Å². The maximum atomic E-state index is 13.2. The first-order chi connectivity index (χ1) is 11.4. The number of halogens is 6. The van der Waals surface area contributed by atoms with Crippen molar-refractivity contribution in [1.82, 2.24) is 4.57 Å². The van der Waals surface area contributed by atoms with E-state index >= 15 is 0 Å². The molecule has 2 unspecified atom stereocenters. The van der Waals surface area contributed by atoms with Gasteiger partial charge in [-0.3, -0.25) is 4.79 Å². The number of aromatic nitrogens is 1. The monoisotopic (exact) mass is 411 g/mol. The van der Waals surface area contributed by atoms with E-state index in [0.717, 1.165) is 7.05 Å². The van der Waals surface area contributed by atoms with E-state index in [1.807, 2.05) is 0 Å². The number of alkyl halides is 4. The van der Waals surface area contributed by atoms with Gasteiger partial charge in [0.05, 0.1) is 5.02 Å². The van der Waals surface area contributed by atoms with Crippen LogP contribution in [0, 0.1) is 17.8 Å². The van der Waals surface area contributed by atoms with E-state index in [0.29, 0.717) is 4.57 Å². The molecule has 134 valence electrons. The van der Waals surface area contributed by atoms with Crippen molar-refractivity contribution in [3.05, 3.63) is 39.7 Å². The van der Waals surface area contributed by atoms with Gasteiger partial charge in [-0.2, -0.15) is 13.2 Å². The topological polar surface area (TPSA) is 42.2 Å². The van der Waals surface area contributed by atoms with Crippen molar-refractivity contribution in [3.8, 4) is 11.8 Å². The summed E-state index contributed by atoms with van der Waals surface area (Å²) in [4.78, 5) is 10.0. The first kappa shape index (κ1) is 19.8. The molecule has 0 fully saturated rings. The summed E-state index contributed by atoms with van der Waals surface area (Å²) in [6.45, 7) is 1.50. The van der Waals surface area contributed by atoms with Crippen LogP contribution in [0.1, 0.15) is 18.2 Å². The second kappa shape index (κ2) is 6.64. The third kappa shape index (κ3) is 3.41. The van der Waals surface area contributed by atoms with Crippen molar-refractivity contribution in [2.24, 2.45) is 13.0 Å². The van der Waals surface area contributed by atoms with E-state index in [1.165, 1.54) is 25.2 Å². The smallest absolute Gasteiger partial charge is 0.432 e. The Morgan fingerprint density at radius 3 is 2.44 bits per heavy atom. The summed E-state index contributed by atoms with van der Waals surface area (Å²) < 4.78 is 40.2. The summed E-state index contributed by atoms with van der Waals surface area (Å²) >= 11 is 18.2. The minimum absolute atomic E-state index is 0.108. The van der Waals surface area contributed by atoms with Crippen LogP contribution in [0.2, 0.25) is 10.2 Å². The number of rotatable bonds is 2. The van der Waals surface area contributed by atoms with E-state index in [-0.39, 0.29) is 16.3 Å². The van der Waals surface area contributed by atoms with Crippen molar-refractivity contribution >= 4 is 46.3 Å². The number of aliphatic carboxylic acids is 1. The van der Waals surface area contributed by atoms with Crippen LogP contribution in [-0.4, -0.2) is 20.5 Å². The standard InChI is InChI=1S/C16H11Cl3F3NO2/c1-3-5-15(19)6-4-8(7-9(15)14(24)25)10-11(17)12(16(20,21)22)23(2)13(10)18/h4,6-7,9H,1-2H3,(H,24,25). The molecule has 0 aromatic carbocycles. The third-order valence-electron chi connectivity index (χ3n) is 3.71. The lowest BCUT2D eigenvalue weighted by Crippen LogP contribution is -2.35. The van der Waals surface area contributed by atoms with Gasteiger partial charge in [0.25, 0.3) is 0 Å². The zero-order chi connectivity index (χ0) is 19.2. The van der Waals surface area contributed by atoms with Crippen LogP contribution in [0.15, 0.2) is 18.2 Å². The van der Waals surface area contributed by atoms with Crippen LogP contribution in [0.5, 0.6) is 0 Å². The Bertz CT molecular complexity index is 859. The zero-order valence-corrected chi connectivity index (χ0v) is 15.1. The number of carboxylic acids is 1. The summed E-state index contributed by atoms with van der Waals surface area (Å²) in [7, 11) is 1.12. The Balaban J connectivity index is 2.67. The lowest BCUT2D eigenvalue weighted by atomic mass is 9.84. The molecule has 0 radical (unpaired) electrons. The van der Waals surface area contributed by atoms with Gasteiger partial charge in [0.15, 0.2) is 0 Å². The highest BCUT2D eigenvalue weighted by molar-refractivity contribution is 6.38. The Morgan fingerprint density at radius 2 is 2.00 bits per heavy atom. The molecule has 25 heavy (non-hydrogen) atoms. The van der Waals surface area contributed by atoms with Gasteiger partial charge in [0.2, 0.25) is 0 Å². The molecule has 9 heteroatoms. The molecule has 1 heterocycles. The van der Waals surface area contributed by atoms with Gasteiger partial charge in [-0.25, -0.2) is 0 Å².